The second kappa shape index (κ2) is 7.64. The van der Waals surface area contributed by atoms with Crippen LogP contribution in [0.5, 0.6) is 0 Å². The molecule has 0 bridgehead atoms. The van der Waals surface area contributed by atoms with Crippen LogP contribution in [-0.4, -0.2) is 37.1 Å². The number of hydrogen-bond donors (Lipinski definition) is 1. The summed E-state index contributed by atoms with van der Waals surface area (Å²) in [4.78, 5) is 14.6. The molecule has 2 heterocycles. The molecule has 24 heavy (non-hydrogen) atoms. The summed E-state index contributed by atoms with van der Waals surface area (Å²) in [6, 6.07) is 10.2. The van der Waals surface area contributed by atoms with Gasteiger partial charge >= 0.3 is 0 Å². The van der Waals surface area contributed by atoms with Crippen LogP contribution in [0.2, 0.25) is 0 Å². The molecule has 1 aromatic heterocycles. The molecule has 2 aromatic rings. The second-order valence-corrected chi connectivity index (χ2v) is 6.21. The zero-order chi connectivity index (χ0) is 16.9. The number of ether oxygens (including phenoxy) is 1. The topological polar surface area (TPSA) is 54.7 Å². The molecule has 0 unspecified atom stereocenters. The van der Waals surface area contributed by atoms with Gasteiger partial charge in [0.1, 0.15) is 11.5 Å². The summed E-state index contributed by atoms with van der Waals surface area (Å²) in [6.07, 6.45) is 0. The SMILES string of the molecule is Cc1cc(C(=O)NCc2ccc(CN3CCOCC3)cc2)c(C)o1. The number of amides is 1. The summed E-state index contributed by atoms with van der Waals surface area (Å²) < 4.78 is 10.8. The Balaban J connectivity index is 1.52. The predicted octanol–water partition coefficient (Wildman–Crippen LogP) is 2.66. The molecular weight excluding hydrogens is 304 g/mol. The van der Waals surface area contributed by atoms with Crippen LogP contribution in [-0.2, 0) is 17.8 Å². The fourth-order valence-electron chi connectivity index (χ4n) is 2.91. The molecule has 1 fully saturated rings. The second-order valence-electron chi connectivity index (χ2n) is 6.21. The maximum Gasteiger partial charge on any atom is 0.255 e. The first-order valence-corrected chi connectivity index (χ1v) is 8.35. The van der Waals surface area contributed by atoms with Crippen LogP contribution in [0.1, 0.15) is 33.0 Å². The number of nitrogens with one attached hydrogen (secondary N) is 1. The first-order valence-electron chi connectivity index (χ1n) is 8.35. The van der Waals surface area contributed by atoms with Gasteiger partial charge in [-0.1, -0.05) is 24.3 Å². The first-order chi connectivity index (χ1) is 11.6. The van der Waals surface area contributed by atoms with E-state index >= 15 is 0 Å². The third kappa shape index (κ3) is 4.24. The smallest absolute Gasteiger partial charge is 0.255 e. The van der Waals surface area contributed by atoms with E-state index in [9.17, 15) is 4.79 Å². The van der Waals surface area contributed by atoms with Crippen LogP contribution < -0.4 is 5.32 Å². The standard InChI is InChI=1S/C19H24N2O3/c1-14-11-18(15(2)24-14)19(22)20-12-16-3-5-17(6-4-16)13-21-7-9-23-10-8-21/h3-6,11H,7-10,12-13H2,1-2H3,(H,20,22). The maximum absolute atomic E-state index is 12.2. The molecule has 0 atom stereocenters. The van der Waals surface area contributed by atoms with Crippen LogP contribution in [0.25, 0.3) is 0 Å². The van der Waals surface area contributed by atoms with Crippen molar-refractivity contribution in [2.75, 3.05) is 26.3 Å². The Morgan fingerprint density at radius 3 is 2.42 bits per heavy atom. The van der Waals surface area contributed by atoms with E-state index in [1.807, 2.05) is 13.8 Å². The fourth-order valence-corrected chi connectivity index (χ4v) is 2.91. The van der Waals surface area contributed by atoms with E-state index in [0.29, 0.717) is 17.9 Å². The highest BCUT2D eigenvalue weighted by Gasteiger charge is 2.13. The van der Waals surface area contributed by atoms with Crippen molar-refractivity contribution in [3.63, 3.8) is 0 Å². The molecule has 0 radical (unpaired) electrons. The van der Waals surface area contributed by atoms with Gasteiger partial charge in [0.2, 0.25) is 0 Å². The van der Waals surface area contributed by atoms with Gasteiger partial charge in [-0.2, -0.15) is 0 Å². The van der Waals surface area contributed by atoms with Crippen molar-refractivity contribution in [2.45, 2.75) is 26.9 Å². The molecule has 128 valence electrons. The molecule has 1 aliphatic rings. The normalized spacial score (nSPS) is 15.4. The van der Waals surface area contributed by atoms with Crippen LogP contribution >= 0.6 is 0 Å². The molecule has 1 aromatic carbocycles. The molecule has 0 aliphatic carbocycles. The highest BCUT2D eigenvalue weighted by atomic mass is 16.5. The summed E-state index contributed by atoms with van der Waals surface area (Å²) in [5, 5.41) is 2.94. The molecule has 5 heteroatoms. The number of morpholine rings is 1. The van der Waals surface area contributed by atoms with Crippen LogP contribution in [0.15, 0.2) is 34.7 Å². The minimum Gasteiger partial charge on any atom is -0.466 e. The molecule has 1 N–H and O–H groups in total. The maximum atomic E-state index is 12.2. The Morgan fingerprint density at radius 1 is 1.12 bits per heavy atom. The number of nitrogens with zero attached hydrogens (tertiary/aromatic N) is 1. The van der Waals surface area contributed by atoms with Gasteiger partial charge in [-0.15, -0.1) is 0 Å². The molecule has 0 spiro atoms. The van der Waals surface area contributed by atoms with E-state index in [0.717, 1.165) is 44.2 Å². The van der Waals surface area contributed by atoms with E-state index in [2.05, 4.69) is 34.5 Å². The van der Waals surface area contributed by atoms with Gasteiger partial charge in [0.15, 0.2) is 0 Å². The average molecular weight is 328 g/mol. The summed E-state index contributed by atoms with van der Waals surface area (Å²) in [6.45, 7) is 8.72. The summed E-state index contributed by atoms with van der Waals surface area (Å²) in [7, 11) is 0. The van der Waals surface area contributed by atoms with E-state index in [4.69, 9.17) is 9.15 Å². The fraction of sp³-hybridized carbons (Fsp3) is 0.421. The van der Waals surface area contributed by atoms with E-state index in [1.54, 1.807) is 6.07 Å². The number of carbonyl (C=O) groups excluding carboxylic acids is 1. The average Bonchev–Trinajstić information content (AvgIpc) is 2.93. The molecule has 1 aliphatic heterocycles. The lowest BCUT2D eigenvalue weighted by atomic mass is 10.1. The van der Waals surface area contributed by atoms with Crippen molar-refractivity contribution in [2.24, 2.45) is 0 Å². The third-order valence-electron chi connectivity index (χ3n) is 4.27. The highest BCUT2D eigenvalue weighted by Crippen LogP contribution is 2.14. The lowest BCUT2D eigenvalue weighted by Gasteiger charge is -2.26. The zero-order valence-electron chi connectivity index (χ0n) is 14.3. The van der Waals surface area contributed by atoms with E-state index in [-0.39, 0.29) is 5.91 Å². The number of benzene rings is 1. The molecular formula is C19H24N2O3. The molecule has 0 saturated carbocycles. The third-order valence-corrected chi connectivity index (χ3v) is 4.27. The van der Waals surface area contributed by atoms with Gasteiger partial charge in [0.05, 0.1) is 18.8 Å². The van der Waals surface area contributed by atoms with Crippen LogP contribution in [0, 0.1) is 13.8 Å². The molecule has 5 nitrogen and oxygen atoms in total. The number of carbonyl (C=O) groups is 1. The minimum absolute atomic E-state index is 0.0956. The van der Waals surface area contributed by atoms with Crippen molar-refractivity contribution in [3.05, 3.63) is 58.5 Å². The minimum atomic E-state index is -0.0956. The van der Waals surface area contributed by atoms with Crippen molar-refractivity contribution in [1.29, 1.82) is 0 Å². The predicted molar refractivity (Wildman–Crippen MR) is 91.9 cm³/mol. The number of furan rings is 1. The van der Waals surface area contributed by atoms with Crippen molar-refractivity contribution in [1.82, 2.24) is 10.2 Å². The summed E-state index contributed by atoms with van der Waals surface area (Å²) in [5.41, 5.74) is 2.98. The monoisotopic (exact) mass is 328 g/mol. The van der Waals surface area contributed by atoms with Crippen LogP contribution in [0.3, 0.4) is 0 Å². The van der Waals surface area contributed by atoms with Crippen molar-refractivity contribution < 1.29 is 13.9 Å². The van der Waals surface area contributed by atoms with Gasteiger partial charge in [-0.05, 0) is 31.0 Å². The van der Waals surface area contributed by atoms with Crippen molar-refractivity contribution in [3.8, 4) is 0 Å². The Kier molecular flexibility index (Phi) is 5.33. The summed E-state index contributed by atoms with van der Waals surface area (Å²) in [5.74, 6) is 1.32. The number of rotatable bonds is 5. The zero-order valence-corrected chi connectivity index (χ0v) is 14.3. The van der Waals surface area contributed by atoms with Crippen LogP contribution in [0.4, 0.5) is 0 Å². The Labute approximate surface area is 142 Å². The van der Waals surface area contributed by atoms with Crippen molar-refractivity contribution >= 4 is 5.91 Å². The Bertz CT molecular complexity index is 685. The molecule has 1 saturated heterocycles. The number of aryl methyl sites for hydroxylation is 2. The van der Waals surface area contributed by atoms with Gasteiger partial charge in [0, 0.05) is 26.2 Å². The van der Waals surface area contributed by atoms with Gasteiger partial charge in [-0.3, -0.25) is 9.69 Å². The lowest BCUT2D eigenvalue weighted by molar-refractivity contribution is 0.0342. The lowest BCUT2D eigenvalue weighted by Crippen LogP contribution is -2.35. The van der Waals surface area contributed by atoms with Gasteiger partial charge in [0.25, 0.3) is 5.91 Å². The van der Waals surface area contributed by atoms with Gasteiger partial charge < -0.3 is 14.5 Å². The number of hydrogen-bond acceptors (Lipinski definition) is 4. The summed E-state index contributed by atoms with van der Waals surface area (Å²) >= 11 is 0. The Morgan fingerprint density at radius 2 is 1.79 bits per heavy atom. The molecule has 1 amide bonds. The quantitative estimate of drug-likeness (QED) is 0.917. The highest BCUT2D eigenvalue weighted by molar-refractivity contribution is 5.95. The van der Waals surface area contributed by atoms with E-state index < -0.39 is 0 Å². The van der Waals surface area contributed by atoms with Gasteiger partial charge in [-0.25, -0.2) is 0 Å². The Hall–Kier alpha value is -2.11. The first kappa shape index (κ1) is 16.7. The molecule has 3 rings (SSSR count). The van der Waals surface area contributed by atoms with E-state index in [1.165, 1.54) is 5.56 Å². The largest absolute Gasteiger partial charge is 0.466 e.